The summed E-state index contributed by atoms with van der Waals surface area (Å²) in [6.07, 6.45) is 5.01. The zero-order chi connectivity index (χ0) is 12.8. The number of hydrogen-bond donors (Lipinski definition) is 0. The topological polar surface area (TPSA) is 9.23 Å². The third kappa shape index (κ3) is 1.80. The molecule has 1 aromatic rings. The average Bonchev–Trinajstić information content (AvgIpc) is 2.85. The first-order valence-corrected chi connectivity index (χ1v) is 6.81. The minimum absolute atomic E-state index is 0.00911. The first-order valence-electron chi connectivity index (χ1n) is 6.37. The highest BCUT2D eigenvalue weighted by Crippen LogP contribution is 2.57. The summed E-state index contributed by atoms with van der Waals surface area (Å²) in [5, 5.41) is 0.113. The lowest BCUT2D eigenvalue weighted by molar-refractivity contribution is -0.0376. The predicted octanol–water partition coefficient (Wildman–Crippen LogP) is 4.28. The van der Waals surface area contributed by atoms with Crippen LogP contribution < -0.4 is 4.74 Å². The van der Waals surface area contributed by atoms with Crippen LogP contribution in [0.4, 0.5) is 8.78 Å². The Morgan fingerprint density at radius 2 is 1.94 bits per heavy atom. The average molecular weight is 273 g/mol. The molecule has 18 heavy (non-hydrogen) atoms. The van der Waals surface area contributed by atoms with Crippen molar-refractivity contribution in [3.05, 3.63) is 29.8 Å². The maximum atomic E-state index is 13.5. The molecule has 2 unspecified atom stereocenters. The largest absolute Gasteiger partial charge is 0.487 e. The molecule has 2 fully saturated rings. The van der Waals surface area contributed by atoms with Gasteiger partial charge in [-0.15, -0.1) is 11.6 Å². The van der Waals surface area contributed by atoms with Crippen LogP contribution in [-0.4, -0.2) is 11.5 Å². The molecule has 0 saturated heterocycles. The van der Waals surface area contributed by atoms with Crippen molar-refractivity contribution < 1.29 is 13.5 Å². The van der Waals surface area contributed by atoms with Gasteiger partial charge in [0.2, 0.25) is 0 Å². The molecule has 0 N–H and O–H groups in total. The van der Waals surface area contributed by atoms with Crippen molar-refractivity contribution in [3.8, 4) is 5.75 Å². The number of benzene rings is 1. The summed E-state index contributed by atoms with van der Waals surface area (Å²) in [5.41, 5.74) is -0.0136. The molecule has 4 heteroatoms. The van der Waals surface area contributed by atoms with E-state index in [0.717, 1.165) is 50.3 Å². The second-order valence-corrected chi connectivity index (χ2v) is 5.85. The van der Waals surface area contributed by atoms with E-state index in [4.69, 9.17) is 16.3 Å². The lowest BCUT2D eigenvalue weighted by Crippen LogP contribution is -2.55. The monoisotopic (exact) mass is 272 g/mol. The maximum absolute atomic E-state index is 13.5. The molecule has 0 amide bonds. The molecule has 2 aliphatic rings. The van der Waals surface area contributed by atoms with Gasteiger partial charge in [0.15, 0.2) is 11.6 Å². The third-order valence-corrected chi connectivity index (χ3v) is 5.00. The molecule has 2 aliphatic carbocycles. The summed E-state index contributed by atoms with van der Waals surface area (Å²) in [5.74, 6) is -0.981. The Kier molecular flexibility index (Phi) is 2.97. The van der Waals surface area contributed by atoms with Crippen LogP contribution in [0.15, 0.2) is 18.2 Å². The Hall–Kier alpha value is -0.830. The number of alkyl halides is 1. The van der Waals surface area contributed by atoms with Gasteiger partial charge in [0, 0.05) is 23.3 Å². The number of hydrogen-bond acceptors (Lipinski definition) is 1. The van der Waals surface area contributed by atoms with Gasteiger partial charge in [-0.2, -0.15) is 0 Å². The van der Waals surface area contributed by atoms with Crippen molar-refractivity contribution in [2.45, 2.75) is 43.6 Å². The number of ether oxygens (including phenoxy) is 1. The summed E-state index contributed by atoms with van der Waals surface area (Å²) >= 11 is 6.30. The van der Waals surface area contributed by atoms with Crippen LogP contribution in [0.2, 0.25) is 0 Å². The molecule has 0 bridgehead atoms. The molecule has 1 aromatic carbocycles. The van der Waals surface area contributed by atoms with Gasteiger partial charge in [0.1, 0.15) is 11.9 Å². The maximum Gasteiger partial charge on any atom is 0.165 e. The first kappa shape index (κ1) is 12.2. The van der Waals surface area contributed by atoms with Crippen LogP contribution in [0.3, 0.4) is 0 Å². The second-order valence-electron chi connectivity index (χ2n) is 5.32. The van der Waals surface area contributed by atoms with E-state index >= 15 is 0 Å². The molecule has 2 atom stereocenters. The smallest absolute Gasteiger partial charge is 0.165 e. The fourth-order valence-corrected chi connectivity index (χ4v) is 3.77. The standard InChI is InChI=1S/C14H15ClF2O/c15-12-8-13(14(12)5-1-2-6-14)18-11-7-9(16)3-4-10(11)17/h3-4,7,12-13H,1-2,5-6,8H2. The molecule has 0 heterocycles. The van der Waals surface area contributed by atoms with E-state index in [9.17, 15) is 8.78 Å². The van der Waals surface area contributed by atoms with E-state index in [0.29, 0.717) is 0 Å². The minimum Gasteiger partial charge on any atom is -0.487 e. The first-order chi connectivity index (χ1) is 8.62. The third-order valence-electron chi connectivity index (χ3n) is 4.38. The van der Waals surface area contributed by atoms with E-state index in [1.165, 1.54) is 0 Å². The van der Waals surface area contributed by atoms with Crippen LogP contribution in [0.5, 0.6) is 5.75 Å². The van der Waals surface area contributed by atoms with Gasteiger partial charge in [-0.05, 0) is 25.0 Å². The van der Waals surface area contributed by atoms with E-state index < -0.39 is 11.6 Å². The summed E-state index contributed by atoms with van der Waals surface area (Å²) in [7, 11) is 0. The fourth-order valence-electron chi connectivity index (χ4n) is 3.25. The summed E-state index contributed by atoms with van der Waals surface area (Å²) in [6, 6.07) is 3.31. The Balaban J connectivity index is 1.79. The quantitative estimate of drug-likeness (QED) is 0.730. The van der Waals surface area contributed by atoms with Gasteiger partial charge >= 0.3 is 0 Å². The van der Waals surface area contributed by atoms with Crippen molar-refractivity contribution in [1.29, 1.82) is 0 Å². The van der Waals surface area contributed by atoms with Crippen molar-refractivity contribution in [1.82, 2.24) is 0 Å². The molecule has 1 nitrogen and oxygen atoms in total. The molecule has 0 aromatic heterocycles. The van der Waals surface area contributed by atoms with Gasteiger partial charge in [-0.1, -0.05) is 12.8 Å². The summed E-state index contributed by atoms with van der Waals surface area (Å²) in [6.45, 7) is 0. The lowest BCUT2D eigenvalue weighted by atomic mass is 9.64. The molecule has 0 aliphatic heterocycles. The van der Waals surface area contributed by atoms with Crippen LogP contribution in [-0.2, 0) is 0 Å². The highest BCUT2D eigenvalue weighted by molar-refractivity contribution is 6.21. The minimum atomic E-state index is -0.512. The van der Waals surface area contributed by atoms with E-state index in [-0.39, 0.29) is 22.6 Å². The fraction of sp³-hybridized carbons (Fsp3) is 0.571. The molecule has 2 saturated carbocycles. The van der Waals surface area contributed by atoms with Crippen LogP contribution >= 0.6 is 11.6 Å². The number of rotatable bonds is 2. The zero-order valence-electron chi connectivity index (χ0n) is 9.96. The van der Waals surface area contributed by atoms with E-state index in [1.807, 2.05) is 0 Å². The van der Waals surface area contributed by atoms with Gasteiger partial charge in [-0.25, -0.2) is 8.78 Å². The zero-order valence-corrected chi connectivity index (χ0v) is 10.7. The molecular formula is C14H15ClF2O. The van der Waals surface area contributed by atoms with Gasteiger partial charge < -0.3 is 4.74 Å². The van der Waals surface area contributed by atoms with Crippen molar-refractivity contribution in [2.24, 2.45) is 5.41 Å². The lowest BCUT2D eigenvalue weighted by Gasteiger charge is -2.50. The molecule has 1 spiro atoms. The predicted molar refractivity (Wildman–Crippen MR) is 65.9 cm³/mol. The van der Waals surface area contributed by atoms with Gasteiger partial charge in [0.05, 0.1) is 0 Å². The molecular weight excluding hydrogens is 258 g/mol. The molecule has 3 rings (SSSR count). The van der Waals surface area contributed by atoms with Crippen molar-refractivity contribution >= 4 is 11.6 Å². The summed E-state index contributed by atoms with van der Waals surface area (Å²) in [4.78, 5) is 0. The Morgan fingerprint density at radius 1 is 1.22 bits per heavy atom. The van der Waals surface area contributed by atoms with Gasteiger partial charge in [0.25, 0.3) is 0 Å². The molecule has 0 radical (unpaired) electrons. The van der Waals surface area contributed by atoms with Crippen LogP contribution in [0.1, 0.15) is 32.1 Å². The highest BCUT2D eigenvalue weighted by atomic mass is 35.5. The molecule has 98 valence electrons. The van der Waals surface area contributed by atoms with E-state index in [1.54, 1.807) is 0 Å². The Morgan fingerprint density at radius 3 is 2.61 bits per heavy atom. The SMILES string of the molecule is Fc1ccc(F)c(OC2CC(Cl)C23CCCC3)c1. The second kappa shape index (κ2) is 4.37. The number of halogens is 3. The van der Waals surface area contributed by atoms with Crippen molar-refractivity contribution in [3.63, 3.8) is 0 Å². The Bertz CT molecular complexity index is 457. The summed E-state index contributed by atoms with van der Waals surface area (Å²) < 4.78 is 32.3. The van der Waals surface area contributed by atoms with E-state index in [2.05, 4.69) is 0 Å². The highest BCUT2D eigenvalue weighted by Gasteiger charge is 2.57. The van der Waals surface area contributed by atoms with Crippen molar-refractivity contribution in [2.75, 3.05) is 0 Å². The van der Waals surface area contributed by atoms with Crippen LogP contribution in [0, 0.1) is 17.0 Å². The normalized spacial score (nSPS) is 29.3. The van der Waals surface area contributed by atoms with Gasteiger partial charge in [-0.3, -0.25) is 0 Å². The van der Waals surface area contributed by atoms with Crippen LogP contribution in [0.25, 0.3) is 0 Å². The Labute approximate surface area is 110 Å².